The highest BCUT2D eigenvalue weighted by atomic mass is 79.9. The van der Waals surface area contributed by atoms with Gasteiger partial charge in [0, 0.05) is 10.9 Å². The Bertz CT molecular complexity index is 163. The minimum Gasteiger partial charge on any atom is -0.481 e. The fraction of sp³-hybridized carbons (Fsp3) is 0.857. The van der Waals surface area contributed by atoms with Crippen molar-refractivity contribution >= 4 is 21.9 Å². The average Bonchev–Trinajstić information content (AvgIpc) is 1.94. The van der Waals surface area contributed by atoms with E-state index in [1.165, 1.54) is 0 Å². The van der Waals surface area contributed by atoms with Crippen molar-refractivity contribution in [3.63, 3.8) is 0 Å². The maximum absolute atomic E-state index is 10.6. The van der Waals surface area contributed by atoms with E-state index in [2.05, 4.69) is 15.9 Å². The Balaban J connectivity index is 2.54. The van der Waals surface area contributed by atoms with E-state index in [0.717, 1.165) is 12.8 Å². The summed E-state index contributed by atoms with van der Waals surface area (Å²) in [5.74, 6) is -1.12. The van der Waals surface area contributed by atoms with Gasteiger partial charge in [-0.05, 0) is 19.3 Å². The first-order valence-electron chi connectivity index (χ1n) is 3.73. The number of nitrogens with two attached hydrogens (primary N) is 1. The quantitative estimate of drug-likeness (QED) is 0.649. The maximum Gasteiger partial charge on any atom is 0.308 e. The number of carboxylic acid groups (broad SMARTS) is 1. The van der Waals surface area contributed by atoms with Crippen LogP contribution in [0.2, 0.25) is 0 Å². The predicted molar refractivity (Wildman–Crippen MR) is 45.7 cm³/mol. The molecular formula is C7H12BrNO2. The largest absolute Gasteiger partial charge is 0.481 e. The Morgan fingerprint density at radius 3 is 2.64 bits per heavy atom. The Labute approximate surface area is 74.1 Å². The molecule has 3 nitrogen and oxygen atoms in total. The second kappa shape index (κ2) is 3.54. The van der Waals surface area contributed by atoms with Crippen LogP contribution in [0.25, 0.3) is 0 Å². The van der Waals surface area contributed by atoms with E-state index in [1.807, 2.05) is 0 Å². The summed E-state index contributed by atoms with van der Waals surface area (Å²) in [5, 5.41) is 8.73. The molecular weight excluding hydrogens is 210 g/mol. The molecule has 0 spiro atoms. The second-order valence-electron chi connectivity index (χ2n) is 3.02. The highest BCUT2D eigenvalue weighted by molar-refractivity contribution is 9.09. The maximum atomic E-state index is 10.6. The average molecular weight is 222 g/mol. The summed E-state index contributed by atoms with van der Waals surface area (Å²) < 4.78 is 0. The molecule has 11 heavy (non-hydrogen) atoms. The van der Waals surface area contributed by atoms with E-state index in [9.17, 15) is 4.79 Å². The van der Waals surface area contributed by atoms with Crippen LogP contribution in [-0.4, -0.2) is 21.9 Å². The summed E-state index contributed by atoms with van der Waals surface area (Å²) in [6.07, 6.45) is 2.47. The second-order valence-corrected chi connectivity index (χ2v) is 4.31. The van der Waals surface area contributed by atoms with Crippen molar-refractivity contribution in [3.05, 3.63) is 0 Å². The fourth-order valence-electron chi connectivity index (χ4n) is 1.43. The first-order chi connectivity index (χ1) is 5.11. The fourth-order valence-corrected chi connectivity index (χ4v) is 2.09. The van der Waals surface area contributed by atoms with Crippen molar-refractivity contribution in [2.75, 3.05) is 0 Å². The van der Waals surface area contributed by atoms with E-state index in [4.69, 9.17) is 10.8 Å². The van der Waals surface area contributed by atoms with Crippen LogP contribution in [0, 0.1) is 5.92 Å². The summed E-state index contributed by atoms with van der Waals surface area (Å²) in [6, 6.07) is -0.152. The molecule has 1 aliphatic rings. The van der Waals surface area contributed by atoms with Crippen LogP contribution in [0.1, 0.15) is 19.3 Å². The SMILES string of the molecule is NC1CCC(Br)CC1C(=O)O. The topological polar surface area (TPSA) is 63.3 Å². The van der Waals surface area contributed by atoms with Crippen molar-refractivity contribution in [1.29, 1.82) is 0 Å². The Kier molecular flexibility index (Phi) is 2.90. The molecule has 64 valence electrons. The van der Waals surface area contributed by atoms with E-state index in [-0.39, 0.29) is 12.0 Å². The minimum absolute atomic E-state index is 0.152. The number of rotatable bonds is 1. The first kappa shape index (κ1) is 9.00. The molecule has 0 radical (unpaired) electrons. The van der Waals surface area contributed by atoms with Gasteiger partial charge in [-0.1, -0.05) is 15.9 Å². The van der Waals surface area contributed by atoms with Crippen LogP contribution in [0.5, 0.6) is 0 Å². The standard InChI is InChI=1S/C7H12BrNO2/c8-4-1-2-6(9)5(3-4)7(10)11/h4-6H,1-3,9H2,(H,10,11). The van der Waals surface area contributed by atoms with Gasteiger partial charge in [-0.15, -0.1) is 0 Å². The third kappa shape index (κ3) is 2.17. The lowest BCUT2D eigenvalue weighted by molar-refractivity contribution is -0.143. The number of halogens is 1. The molecule has 4 heteroatoms. The minimum atomic E-state index is -0.762. The number of hydrogen-bond donors (Lipinski definition) is 2. The molecule has 3 atom stereocenters. The van der Waals surface area contributed by atoms with Crippen LogP contribution in [-0.2, 0) is 4.79 Å². The summed E-state index contributed by atoms with van der Waals surface area (Å²) in [5.41, 5.74) is 5.64. The van der Waals surface area contributed by atoms with Crippen molar-refractivity contribution in [1.82, 2.24) is 0 Å². The number of alkyl halides is 1. The molecule has 3 unspecified atom stereocenters. The Morgan fingerprint density at radius 1 is 1.55 bits per heavy atom. The van der Waals surface area contributed by atoms with Gasteiger partial charge in [0.2, 0.25) is 0 Å². The summed E-state index contributed by atoms with van der Waals surface area (Å²) in [6.45, 7) is 0. The molecule has 1 fully saturated rings. The van der Waals surface area contributed by atoms with E-state index in [0.29, 0.717) is 11.2 Å². The number of hydrogen-bond acceptors (Lipinski definition) is 2. The van der Waals surface area contributed by atoms with E-state index in [1.54, 1.807) is 0 Å². The lowest BCUT2D eigenvalue weighted by Gasteiger charge is -2.28. The summed E-state index contributed by atoms with van der Waals surface area (Å²) in [7, 11) is 0. The summed E-state index contributed by atoms with van der Waals surface area (Å²) in [4.78, 5) is 10.9. The predicted octanol–water partition coefficient (Wildman–Crippen LogP) is 0.962. The molecule has 0 saturated heterocycles. The summed E-state index contributed by atoms with van der Waals surface area (Å²) >= 11 is 3.41. The van der Waals surface area contributed by atoms with Crippen molar-refractivity contribution in [2.45, 2.75) is 30.1 Å². The van der Waals surface area contributed by atoms with Gasteiger partial charge in [-0.2, -0.15) is 0 Å². The molecule has 0 aromatic heterocycles. The van der Waals surface area contributed by atoms with Crippen LogP contribution in [0.3, 0.4) is 0 Å². The van der Waals surface area contributed by atoms with Crippen molar-refractivity contribution < 1.29 is 9.90 Å². The molecule has 1 saturated carbocycles. The zero-order valence-corrected chi connectivity index (χ0v) is 7.75. The van der Waals surface area contributed by atoms with Crippen molar-refractivity contribution in [3.8, 4) is 0 Å². The lowest BCUT2D eigenvalue weighted by atomic mass is 9.85. The highest BCUT2D eigenvalue weighted by Crippen LogP contribution is 2.28. The molecule has 0 amide bonds. The third-order valence-corrected chi connectivity index (χ3v) is 2.99. The van der Waals surface area contributed by atoms with Crippen LogP contribution in [0.4, 0.5) is 0 Å². The molecule has 1 aliphatic carbocycles. The van der Waals surface area contributed by atoms with Gasteiger partial charge in [-0.25, -0.2) is 0 Å². The molecule has 0 heterocycles. The Hall–Kier alpha value is -0.0900. The van der Waals surface area contributed by atoms with E-state index >= 15 is 0 Å². The van der Waals surface area contributed by atoms with Crippen LogP contribution < -0.4 is 5.73 Å². The normalized spacial score (nSPS) is 38.5. The van der Waals surface area contributed by atoms with Crippen LogP contribution in [0.15, 0.2) is 0 Å². The van der Waals surface area contributed by atoms with Crippen LogP contribution >= 0.6 is 15.9 Å². The lowest BCUT2D eigenvalue weighted by Crippen LogP contribution is -2.40. The molecule has 0 aliphatic heterocycles. The van der Waals surface area contributed by atoms with Gasteiger partial charge in [-0.3, -0.25) is 4.79 Å². The first-order valence-corrected chi connectivity index (χ1v) is 4.65. The third-order valence-electron chi connectivity index (χ3n) is 2.16. The zero-order chi connectivity index (χ0) is 8.43. The molecule has 3 N–H and O–H groups in total. The highest BCUT2D eigenvalue weighted by Gasteiger charge is 2.31. The number of aliphatic carboxylic acids is 1. The molecule has 1 rings (SSSR count). The van der Waals surface area contributed by atoms with Gasteiger partial charge in [0.25, 0.3) is 0 Å². The molecule has 0 aromatic rings. The van der Waals surface area contributed by atoms with Gasteiger partial charge < -0.3 is 10.8 Å². The van der Waals surface area contributed by atoms with Gasteiger partial charge in [0.15, 0.2) is 0 Å². The van der Waals surface area contributed by atoms with Gasteiger partial charge in [0.1, 0.15) is 0 Å². The Morgan fingerprint density at radius 2 is 2.18 bits per heavy atom. The van der Waals surface area contributed by atoms with E-state index < -0.39 is 5.97 Å². The van der Waals surface area contributed by atoms with Crippen molar-refractivity contribution in [2.24, 2.45) is 11.7 Å². The zero-order valence-electron chi connectivity index (χ0n) is 6.16. The van der Waals surface area contributed by atoms with Gasteiger partial charge in [0.05, 0.1) is 5.92 Å². The molecule has 0 bridgehead atoms. The number of carboxylic acids is 1. The molecule has 0 aromatic carbocycles. The van der Waals surface area contributed by atoms with Gasteiger partial charge >= 0.3 is 5.97 Å². The smallest absolute Gasteiger partial charge is 0.308 e. The monoisotopic (exact) mass is 221 g/mol. The number of carbonyl (C=O) groups is 1.